The van der Waals surface area contributed by atoms with Crippen LogP contribution in [-0.2, 0) is 4.79 Å². The van der Waals surface area contributed by atoms with Crippen LogP contribution in [0.1, 0.15) is 6.92 Å². The molecule has 0 saturated carbocycles. The molecule has 0 bridgehead atoms. The van der Waals surface area contributed by atoms with Crippen molar-refractivity contribution in [3.63, 3.8) is 0 Å². The van der Waals surface area contributed by atoms with Gasteiger partial charge in [-0.1, -0.05) is 0 Å². The van der Waals surface area contributed by atoms with Gasteiger partial charge >= 0.3 is 0 Å². The van der Waals surface area contributed by atoms with Crippen LogP contribution >= 0.6 is 0 Å². The highest BCUT2D eigenvalue weighted by Crippen LogP contribution is 1.99. The molecule has 0 aliphatic heterocycles. The van der Waals surface area contributed by atoms with Crippen molar-refractivity contribution in [3.05, 3.63) is 23.9 Å². The summed E-state index contributed by atoms with van der Waals surface area (Å²) >= 11 is 0. The molecule has 0 atom stereocenters. The molecular weight excluding hydrogens is 154 g/mol. The summed E-state index contributed by atoms with van der Waals surface area (Å²) in [6, 6.07) is 0. The molecule has 1 rings (SSSR count). The van der Waals surface area contributed by atoms with Crippen LogP contribution in [0.25, 0.3) is 0 Å². The Balaban J connectivity index is 2.76. The molecule has 4 heteroatoms. The van der Waals surface area contributed by atoms with Crippen LogP contribution in [0.15, 0.2) is 23.9 Å². The molecule has 0 heterocycles. The van der Waals surface area contributed by atoms with Gasteiger partial charge in [0.1, 0.15) is 5.71 Å². The molecule has 0 aromatic heterocycles. The summed E-state index contributed by atoms with van der Waals surface area (Å²) in [5.74, 6) is -0.146. The first-order valence-electron chi connectivity index (χ1n) is 3.48. The van der Waals surface area contributed by atoms with Crippen molar-refractivity contribution in [1.29, 1.82) is 5.41 Å². The highest BCUT2D eigenvalue weighted by Gasteiger charge is 2.11. The fraction of sp³-hybridized carbons (Fsp3) is 0.125. The van der Waals surface area contributed by atoms with Gasteiger partial charge in [0, 0.05) is 18.7 Å². The molecule has 0 aromatic rings. The number of carbonyl (C=O) groups is 1. The summed E-state index contributed by atoms with van der Waals surface area (Å²) in [6.07, 6.45) is 4.74. The van der Waals surface area contributed by atoms with E-state index in [0.29, 0.717) is 11.4 Å². The zero-order valence-corrected chi connectivity index (χ0v) is 6.72. The molecule has 1 aliphatic rings. The minimum Gasteiger partial charge on any atom is -0.326 e. The van der Waals surface area contributed by atoms with Crippen LogP contribution in [0.3, 0.4) is 0 Å². The van der Waals surface area contributed by atoms with E-state index in [-0.39, 0.29) is 11.6 Å². The highest BCUT2D eigenvalue weighted by atomic mass is 16.1. The van der Waals surface area contributed by atoms with Gasteiger partial charge in [-0.15, -0.1) is 0 Å². The highest BCUT2D eigenvalue weighted by molar-refractivity contribution is 6.47. The Morgan fingerprint density at radius 2 is 2.25 bits per heavy atom. The second-order valence-electron chi connectivity index (χ2n) is 2.48. The number of nitrogens with one attached hydrogen (secondary N) is 2. The summed E-state index contributed by atoms with van der Waals surface area (Å²) in [6.45, 7) is 1.42. The largest absolute Gasteiger partial charge is 0.326 e. The molecular formula is C8H10N3O+. The third-order valence-electron chi connectivity index (χ3n) is 1.37. The minimum absolute atomic E-state index is 0.146. The third-order valence-corrected chi connectivity index (χ3v) is 1.37. The molecule has 0 radical (unpaired) electrons. The van der Waals surface area contributed by atoms with E-state index in [0.717, 1.165) is 0 Å². The summed E-state index contributed by atoms with van der Waals surface area (Å²) in [5, 5.41) is 15.3. The monoisotopic (exact) mass is 164 g/mol. The first-order valence-corrected chi connectivity index (χ1v) is 3.48. The topological polar surface area (TPSA) is 78.5 Å². The molecule has 1 amide bonds. The maximum Gasteiger partial charge on any atom is 0.223 e. The van der Waals surface area contributed by atoms with Gasteiger partial charge in [-0.25, -0.2) is 0 Å². The van der Waals surface area contributed by atoms with Gasteiger partial charge < -0.3 is 5.32 Å². The van der Waals surface area contributed by atoms with Crippen molar-refractivity contribution >= 4 is 17.3 Å². The minimum atomic E-state index is -0.146. The lowest BCUT2D eigenvalue weighted by molar-refractivity contribution is -0.118. The number of hydrogen-bond acceptors (Lipinski definition) is 2. The Bertz CT molecular complexity index is 312. The van der Waals surface area contributed by atoms with Crippen molar-refractivity contribution in [2.45, 2.75) is 6.92 Å². The Labute approximate surface area is 70.0 Å². The SMILES string of the molecule is CC(=O)NC1=CC(=[NH2+])C(=N)C=C1. The summed E-state index contributed by atoms with van der Waals surface area (Å²) in [5.41, 5.74) is 1.25. The normalized spacial score (nSPS) is 15.9. The summed E-state index contributed by atoms with van der Waals surface area (Å²) in [4.78, 5) is 10.6. The van der Waals surface area contributed by atoms with E-state index in [9.17, 15) is 4.79 Å². The van der Waals surface area contributed by atoms with Gasteiger partial charge in [0.05, 0.1) is 0 Å². The first kappa shape index (κ1) is 8.39. The standard InChI is InChI=1S/C8H9N3O/c1-5(12)11-6-2-3-7(9)8(10)4-6/h2-4,9-10H,1H3,(H,11,12)/p+1. The third kappa shape index (κ3) is 1.88. The molecule has 4 N–H and O–H groups in total. The molecule has 0 spiro atoms. The predicted octanol–water partition coefficient (Wildman–Crippen LogP) is -1.20. The number of allylic oxidation sites excluding steroid dienone is 3. The predicted molar refractivity (Wildman–Crippen MR) is 45.7 cm³/mol. The van der Waals surface area contributed by atoms with Crippen molar-refractivity contribution in [1.82, 2.24) is 5.32 Å². The molecule has 12 heavy (non-hydrogen) atoms. The van der Waals surface area contributed by atoms with Crippen molar-refractivity contribution < 1.29 is 10.2 Å². The fourth-order valence-corrected chi connectivity index (χ4v) is 0.844. The van der Waals surface area contributed by atoms with E-state index in [1.54, 1.807) is 18.2 Å². The quantitative estimate of drug-likeness (QED) is 0.418. The number of nitrogens with two attached hydrogens (primary N) is 1. The van der Waals surface area contributed by atoms with Crippen molar-refractivity contribution in [2.24, 2.45) is 0 Å². The Hall–Kier alpha value is -1.71. The zero-order valence-electron chi connectivity index (χ0n) is 6.72. The smallest absolute Gasteiger partial charge is 0.223 e. The molecule has 0 saturated heterocycles. The van der Waals surface area contributed by atoms with Crippen LogP contribution in [0, 0.1) is 5.41 Å². The number of hydrogen-bond donors (Lipinski definition) is 3. The van der Waals surface area contributed by atoms with Crippen LogP contribution in [-0.4, -0.2) is 17.3 Å². The van der Waals surface area contributed by atoms with Gasteiger partial charge in [0.15, 0.2) is 0 Å². The van der Waals surface area contributed by atoms with Crippen LogP contribution in [0.4, 0.5) is 0 Å². The Morgan fingerprint density at radius 3 is 2.75 bits per heavy atom. The number of rotatable bonds is 1. The Morgan fingerprint density at radius 1 is 1.58 bits per heavy atom. The van der Waals surface area contributed by atoms with Gasteiger partial charge in [-0.05, 0) is 12.2 Å². The zero-order chi connectivity index (χ0) is 9.14. The maximum absolute atomic E-state index is 10.6. The van der Waals surface area contributed by atoms with Gasteiger partial charge in [0.2, 0.25) is 11.6 Å². The van der Waals surface area contributed by atoms with Crippen LogP contribution in [0.5, 0.6) is 0 Å². The average Bonchev–Trinajstić information content (AvgIpc) is 1.96. The molecule has 62 valence electrons. The fourth-order valence-electron chi connectivity index (χ4n) is 0.844. The maximum atomic E-state index is 10.6. The van der Waals surface area contributed by atoms with E-state index in [1.165, 1.54) is 6.92 Å². The number of amides is 1. The molecule has 1 aliphatic carbocycles. The van der Waals surface area contributed by atoms with E-state index in [4.69, 9.17) is 10.8 Å². The lowest BCUT2D eigenvalue weighted by atomic mass is 10.1. The average molecular weight is 164 g/mol. The number of carbonyl (C=O) groups excluding carboxylic acids is 1. The van der Waals surface area contributed by atoms with Crippen LogP contribution < -0.4 is 10.7 Å². The lowest BCUT2D eigenvalue weighted by Crippen LogP contribution is -2.44. The van der Waals surface area contributed by atoms with Gasteiger partial charge in [-0.3, -0.25) is 15.6 Å². The van der Waals surface area contributed by atoms with E-state index >= 15 is 0 Å². The summed E-state index contributed by atoms with van der Waals surface area (Å²) in [7, 11) is 0. The molecule has 0 aromatic carbocycles. The van der Waals surface area contributed by atoms with E-state index < -0.39 is 0 Å². The van der Waals surface area contributed by atoms with Gasteiger partial charge in [0.25, 0.3) is 0 Å². The van der Waals surface area contributed by atoms with E-state index in [2.05, 4.69) is 5.32 Å². The molecule has 4 nitrogen and oxygen atoms in total. The van der Waals surface area contributed by atoms with Crippen molar-refractivity contribution in [2.75, 3.05) is 0 Å². The Kier molecular flexibility index (Phi) is 2.19. The molecule has 0 unspecified atom stereocenters. The molecule has 0 fully saturated rings. The van der Waals surface area contributed by atoms with E-state index in [1.807, 2.05) is 0 Å². The second-order valence-corrected chi connectivity index (χ2v) is 2.48. The first-order chi connectivity index (χ1) is 5.59. The van der Waals surface area contributed by atoms with Crippen molar-refractivity contribution in [3.8, 4) is 0 Å². The summed E-state index contributed by atoms with van der Waals surface area (Å²) < 4.78 is 0. The lowest BCUT2D eigenvalue weighted by Gasteiger charge is -2.05. The second kappa shape index (κ2) is 3.13. The van der Waals surface area contributed by atoms with Crippen LogP contribution in [0.2, 0.25) is 0 Å². The van der Waals surface area contributed by atoms with Gasteiger partial charge in [-0.2, -0.15) is 0 Å².